The summed E-state index contributed by atoms with van der Waals surface area (Å²) in [7, 11) is 0. The maximum atomic E-state index is 4.45. The van der Waals surface area contributed by atoms with Crippen molar-refractivity contribution in [3.63, 3.8) is 0 Å². The number of hydrogen-bond donors (Lipinski definition) is 0. The third-order valence-electron chi connectivity index (χ3n) is 2.17. The molecule has 0 aliphatic heterocycles. The Morgan fingerprint density at radius 2 is 2.20 bits per heavy atom. The maximum absolute atomic E-state index is 4.45. The Morgan fingerprint density at radius 3 is 2.80 bits per heavy atom. The van der Waals surface area contributed by atoms with E-state index >= 15 is 0 Å². The van der Waals surface area contributed by atoms with Crippen molar-refractivity contribution in [1.82, 2.24) is 14.8 Å². The van der Waals surface area contributed by atoms with E-state index in [2.05, 4.69) is 32.9 Å². The summed E-state index contributed by atoms with van der Waals surface area (Å²) in [5.74, 6) is 0.849. The van der Waals surface area contributed by atoms with E-state index in [1.54, 1.807) is 0 Å². The molecule has 4 heteroatoms. The van der Waals surface area contributed by atoms with Crippen molar-refractivity contribution in [3.8, 4) is 5.82 Å². The lowest BCUT2D eigenvalue weighted by Gasteiger charge is -2.02. The molecular weight excluding hydrogens is 254 g/mol. The van der Waals surface area contributed by atoms with Crippen LogP contribution in [0.2, 0.25) is 0 Å². The zero-order valence-electron chi connectivity index (χ0n) is 8.74. The standard InChI is InChI=1S/C11H12BrN3/c1-3-9-7-10(12)15(14-9)11-6-4-5-8(2)13-11/h4-7H,3H2,1-2H3. The summed E-state index contributed by atoms with van der Waals surface area (Å²) in [4.78, 5) is 4.42. The van der Waals surface area contributed by atoms with Crippen molar-refractivity contribution < 1.29 is 0 Å². The fourth-order valence-corrected chi connectivity index (χ4v) is 1.91. The Hall–Kier alpha value is -1.16. The van der Waals surface area contributed by atoms with Gasteiger partial charge in [0.2, 0.25) is 0 Å². The molecule has 78 valence electrons. The van der Waals surface area contributed by atoms with Crippen LogP contribution in [0.3, 0.4) is 0 Å². The molecule has 0 unspecified atom stereocenters. The number of aryl methyl sites for hydroxylation is 2. The quantitative estimate of drug-likeness (QED) is 0.836. The Balaban J connectivity index is 2.48. The van der Waals surface area contributed by atoms with E-state index in [1.807, 2.05) is 35.9 Å². The number of halogens is 1. The summed E-state index contributed by atoms with van der Waals surface area (Å²) >= 11 is 3.48. The molecule has 0 bridgehead atoms. The van der Waals surface area contributed by atoms with Gasteiger partial charge in [-0.05, 0) is 47.5 Å². The van der Waals surface area contributed by atoms with Gasteiger partial charge < -0.3 is 0 Å². The molecule has 3 nitrogen and oxygen atoms in total. The van der Waals surface area contributed by atoms with E-state index in [0.717, 1.165) is 28.2 Å². The van der Waals surface area contributed by atoms with Crippen LogP contribution < -0.4 is 0 Å². The highest BCUT2D eigenvalue weighted by Crippen LogP contribution is 2.16. The minimum absolute atomic E-state index is 0.849. The highest BCUT2D eigenvalue weighted by molar-refractivity contribution is 9.10. The molecule has 0 saturated heterocycles. The first kappa shape index (κ1) is 10.4. The second-order valence-electron chi connectivity index (χ2n) is 3.36. The first-order chi connectivity index (χ1) is 7.20. The number of nitrogens with zero attached hydrogens (tertiary/aromatic N) is 3. The Morgan fingerprint density at radius 1 is 1.40 bits per heavy atom. The predicted molar refractivity (Wildman–Crippen MR) is 63.2 cm³/mol. The van der Waals surface area contributed by atoms with Crippen molar-refractivity contribution in [3.05, 3.63) is 40.3 Å². The molecule has 0 aromatic carbocycles. The van der Waals surface area contributed by atoms with Crippen LogP contribution in [0.1, 0.15) is 18.3 Å². The molecule has 0 saturated carbocycles. The monoisotopic (exact) mass is 265 g/mol. The van der Waals surface area contributed by atoms with Crippen molar-refractivity contribution in [2.24, 2.45) is 0 Å². The third kappa shape index (κ3) is 2.09. The van der Waals surface area contributed by atoms with Crippen molar-refractivity contribution in [2.75, 3.05) is 0 Å². The smallest absolute Gasteiger partial charge is 0.154 e. The topological polar surface area (TPSA) is 30.7 Å². The molecule has 0 aliphatic rings. The molecule has 0 spiro atoms. The van der Waals surface area contributed by atoms with Crippen LogP contribution in [0.15, 0.2) is 28.9 Å². The fourth-order valence-electron chi connectivity index (χ4n) is 1.38. The summed E-state index contributed by atoms with van der Waals surface area (Å²) in [5.41, 5.74) is 2.05. The third-order valence-corrected chi connectivity index (χ3v) is 2.73. The molecule has 2 aromatic heterocycles. The SMILES string of the molecule is CCc1cc(Br)n(-c2cccc(C)n2)n1. The van der Waals surface area contributed by atoms with Gasteiger partial charge in [-0.25, -0.2) is 9.67 Å². The van der Waals surface area contributed by atoms with Gasteiger partial charge in [0.05, 0.1) is 5.69 Å². The zero-order valence-corrected chi connectivity index (χ0v) is 10.3. The van der Waals surface area contributed by atoms with Crippen molar-refractivity contribution in [1.29, 1.82) is 0 Å². The van der Waals surface area contributed by atoms with Gasteiger partial charge in [-0.2, -0.15) is 5.10 Å². The molecule has 0 atom stereocenters. The maximum Gasteiger partial charge on any atom is 0.154 e. The van der Waals surface area contributed by atoms with Crippen LogP contribution >= 0.6 is 15.9 Å². The normalized spacial score (nSPS) is 10.6. The van der Waals surface area contributed by atoms with Gasteiger partial charge in [-0.3, -0.25) is 0 Å². The van der Waals surface area contributed by atoms with Gasteiger partial charge in [0.15, 0.2) is 5.82 Å². The largest absolute Gasteiger partial charge is 0.234 e. The van der Waals surface area contributed by atoms with Crippen LogP contribution in [-0.2, 0) is 6.42 Å². The number of hydrogen-bond acceptors (Lipinski definition) is 2. The first-order valence-electron chi connectivity index (χ1n) is 4.89. The van der Waals surface area contributed by atoms with Gasteiger partial charge in [-0.1, -0.05) is 13.0 Å². The van der Waals surface area contributed by atoms with E-state index in [1.165, 1.54) is 0 Å². The highest BCUT2D eigenvalue weighted by Gasteiger charge is 2.06. The van der Waals surface area contributed by atoms with Crippen molar-refractivity contribution in [2.45, 2.75) is 20.3 Å². The number of pyridine rings is 1. The minimum Gasteiger partial charge on any atom is -0.234 e. The van der Waals surface area contributed by atoms with Crippen LogP contribution in [0.5, 0.6) is 0 Å². The van der Waals surface area contributed by atoms with Gasteiger partial charge in [0.1, 0.15) is 4.60 Å². The molecule has 0 fully saturated rings. The molecule has 2 aromatic rings. The van der Waals surface area contributed by atoms with Crippen LogP contribution in [0, 0.1) is 6.92 Å². The van der Waals surface area contributed by atoms with E-state index in [0.29, 0.717) is 0 Å². The Bertz CT molecular complexity index is 476. The van der Waals surface area contributed by atoms with Gasteiger partial charge in [-0.15, -0.1) is 0 Å². The summed E-state index contributed by atoms with van der Waals surface area (Å²) in [5, 5.41) is 4.45. The predicted octanol–water partition coefficient (Wildman–Crippen LogP) is 2.90. The molecule has 0 N–H and O–H groups in total. The molecule has 15 heavy (non-hydrogen) atoms. The average molecular weight is 266 g/mol. The van der Waals surface area contributed by atoms with Crippen LogP contribution in [0.4, 0.5) is 0 Å². The Labute approximate surface area is 97.3 Å². The van der Waals surface area contributed by atoms with Crippen LogP contribution in [0.25, 0.3) is 5.82 Å². The molecule has 0 amide bonds. The minimum atomic E-state index is 0.849. The molecular formula is C11H12BrN3. The van der Waals surface area contributed by atoms with E-state index in [-0.39, 0.29) is 0 Å². The molecule has 0 radical (unpaired) electrons. The lowest BCUT2D eigenvalue weighted by Crippen LogP contribution is -2.01. The lowest BCUT2D eigenvalue weighted by molar-refractivity contribution is 0.798. The summed E-state index contributed by atoms with van der Waals surface area (Å²) in [6.45, 7) is 4.06. The van der Waals surface area contributed by atoms with Crippen LogP contribution in [-0.4, -0.2) is 14.8 Å². The summed E-state index contributed by atoms with van der Waals surface area (Å²) in [6, 6.07) is 7.92. The van der Waals surface area contributed by atoms with Gasteiger partial charge in [0.25, 0.3) is 0 Å². The van der Waals surface area contributed by atoms with E-state index < -0.39 is 0 Å². The average Bonchev–Trinajstić information content (AvgIpc) is 2.60. The van der Waals surface area contributed by atoms with E-state index in [4.69, 9.17) is 0 Å². The molecule has 0 aliphatic carbocycles. The second kappa shape index (κ2) is 4.14. The highest BCUT2D eigenvalue weighted by atomic mass is 79.9. The number of aromatic nitrogens is 3. The lowest BCUT2D eigenvalue weighted by atomic mass is 10.3. The number of rotatable bonds is 2. The zero-order chi connectivity index (χ0) is 10.8. The summed E-state index contributed by atoms with van der Waals surface area (Å²) < 4.78 is 2.75. The molecule has 2 heterocycles. The van der Waals surface area contributed by atoms with Gasteiger partial charge in [0, 0.05) is 5.69 Å². The van der Waals surface area contributed by atoms with E-state index in [9.17, 15) is 0 Å². The molecule has 2 rings (SSSR count). The van der Waals surface area contributed by atoms with Crippen molar-refractivity contribution >= 4 is 15.9 Å². The fraction of sp³-hybridized carbons (Fsp3) is 0.273. The second-order valence-corrected chi connectivity index (χ2v) is 4.17. The first-order valence-corrected chi connectivity index (χ1v) is 5.68. The Kier molecular flexibility index (Phi) is 2.86. The summed E-state index contributed by atoms with van der Waals surface area (Å²) in [6.07, 6.45) is 0.928. The van der Waals surface area contributed by atoms with Gasteiger partial charge >= 0.3 is 0 Å².